The van der Waals surface area contributed by atoms with Gasteiger partial charge in [-0.05, 0) is 54.1 Å². The Morgan fingerprint density at radius 1 is 1.00 bits per heavy atom. The summed E-state index contributed by atoms with van der Waals surface area (Å²) in [4.78, 5) is 4.06. The maximum Gasteiger partial charge on any atom is 0.263 e. The molecular weight excluding hydrogens is 369 g/mol. The second-order valence-electron chi connectivity index (χ2n) is 5.69. The summed E-state index contributed by atoms with van der Waals surface area (Å²) < 4.78 is 44.9. The fourth-order valence-corrected chi connectivity index (χ4v) is 3.32. The summed E-state index contributed by atoms with van der Waals surface area (Å²) in [6.45, 7) is 0.590. The Bertz CT molecular complexity index is 990. The molecule has 0 fully saturated rings. The molecular formula is C19H18FN3O3S. The molecule has 0 unspecified atom stereocenters. The van der Waals surface area contributed by atoms with Crippen LogP contribution in [0.4, 0.5) is 15.9 Å². The first-order valence-electron chi connectivity index (χ1n) is 8.07. The number of hydrogen-bond donors (Lipinski definition) is 2. The summed E-state index contributed by atoms with van der Waals surface area (Å²) in [5, 5.41) is 3.20. The lowest BCUT2D eigenvalue weighted by atomic mass is 10.2. The number of rotatable bonds is 7. The highest BCUT2D eigenvalue weighted by Gasteiger charge is 2.14. The van der Waals surface area contributed by atoms with Gasteiger partial charge in [0.25, 0.3) is 10.0 Å². The normalized spacial score (nSPS) is 11.0. The highest BCUT2D eigenvalue weighted by molar-refractivity contribution is 7.92. The first-order valence-corrected chi connectivity index (χ1v) is 9.56. The number of nitrogens with zero attached hydrogens (tertiary/aromatic N) is 1. The maximum atomic E-state index is 12.9. The molecule has 0 aliphatic carbocycles. The molecule has 2 N–H and O–H groups in total. The van der Waals surface area contributed by atoms with E-state index in [1.54, 1.807) is 19.2 Å². The Kier molecular flexibility index (Phi) is 5.56. The minimum absolute atomic E-state index is 0.0348. The van der Waals surface area contributed by atoms with E-state index in [4.69, 9.17) is 4.74 Å². The van der Waals surface area contributed by atoms with Crippen LogP contribution in [0.2, 0.25) is 0 Å². The first-order chi connectivity index (χ1) is 13.0. The third-order valence-electron chi connectivity index (χ3n) is 3.78. The summed E-state index contributed by atoms with van der Waals surface area (Å²) >= 11 is 0. The summed E-state index contributed by atoms with van der Waals surface area (Å²) in [5.74, 6) is 0.465. The van der Waals surface area contributed by atoms with Crippen LogP contribution in [-0.2, 0) is 16.6 Å². The molecule has 0 radical (unpaired) electrons. The number of nitrogens with one attached hydrogen (secondary N) is 2. The van der Waals surface area contributed by atoms with E-state index in [0.29, 0.717) is 6.54 Å². The number of aromatic nitrogens is 1. The molecule has 1 heterocycles. The largest absolute Gasteiger partial charge is 0.497 e. The van der Waals surface area contributed by atoms with Crippen LogP contribution in [0.1, 0.15) is 5.56 Å². The lowest BCUT2D eigenvalue weighted by molar-refractivity contribution is 0.414. The zero-order valence-electron chi connectivity index (χ0n) is 14.5. The van der Waals surface area contributed by atoms with Crippen molar-refractivity contribution in [3.8, 4) is 5.75 Å². The predicted octanol–water partition coefficient (Wildman–Crippen LogP) is 3.64. The van der Waals surface area contributed by atoms with Crippen LogP contribution in [-0.4, -0.2) is 20.5 Å². The summed E-state index contributed by atoms with van der Waals surface area (Å²) in [6.07, 6.45) is 1.53. The molecule has 0 aliphatic heterocycles. The highest BCUT2D eigenvalue weighted by Crippen LogP contribution is 2.17. The number of sulfonamides is 1. The molecule has 1 aromatic heterocycles. The first kappa shape index (κ1) is 18.7. The molecule has 2 aromatic carbocycles. The Hall–Kier alpha value is -3.13. The number of halogens is 1. The van der Waals surface area contributed by atoms with Crippen LogP contribution in [0, 0.1) is 5.82 Å². The minimum atomic E-state index is -3.82. The summed E-state index contributed by atoms with van der Waals surface area (Å²) in [5.41, 5.74) is 1.81. The maximum absolute atomic E-state index is 12.9. The summed E-state index contributed by atoms with van der Waals surface area (Å²) in [6, 6.07) is 15.5. The standard InChI is InChI=1S/C19H18FN3O3S/c1-26-17-7-2-14(3-8-17)12-21-16-6-11-19(22-13-16)23-27(24,25)18-9-4-15(20)5-10-18/h2-11,13,21H,12H2,1H3,(H,22,23). The van der Waals surface area contributed by atoms with Crippen molar-refractivity contribution in [2.75, 3.05) is 17.1 Å². The Balaban J connectivity index is 1.61. The zero-order chi connectivity index (χ0) is 19.3. The van der Waals surface area contributed by atoms with Gasteiger partial charge in [-0.3, -0.25) is 4.72 Å². The average Bonchev–Trinajstić information content (AvgIpc) is 2.68. The van der Waals surface area contributed by atoms with Gasteiger partial charge in [-0.2, -0.15) is 0 Å². The monoisotopic (exact) mass is 387 g/mol. The molecule has 0 spiro atoms. The van der Waals surface area contributed by atoms with E-state index in [0.717, 1.165) is 29.1 Å². The van der Waals surface area contributed by atoms with E-state index in [2.05, 4.69) is 15.0 Å². The smallest absolute Gasteiger partial charge is 0.263 e. The Labute approximate surface area is 157 Å². The molecule has 6 nitrogen and oxygen atoms in total. The number of anilines is 2. The molecule has 0 saturated carbocycles. The topological polar surface area (TPSA) is 80.3 Å². The molecule has 0 saturated heterocycles. The van der Waals surface area contributed by atoms with Gasteiger partial charge < -0.3 is 10.1 Å². The fourth-order valence-electron chi connectivity index (χ4n) is 2.32. The van der Waals surface area contributed by atoms with E-state index >= 15 is 0 Å². The van der Waals surface area contributed by atoms with E-state index in [1.165, 1.54) is 18.3 Å². The van der Waals surface area contributed by atoms with E-state index in [9.17, 15) is 12.8 Å². The van der Waals surface area contributed by atoms with Crippen LogP contribution in [0.15, 0.2) is 71.8 Å². The SMILES string of the molecule is COc1ccc(CNc2ccc(NS(=O)(=O)c3ccc(F)cc3)nc2)cc1. The third-order valence-corrected chi connectivity index (χ3v) is 5.15. The van der Waals surface area contributed by atoms with Crippen molar-refractivity contribution in [3.05, 3.63) is 78.2 Å². The van der Waals surface area contributed by atoms with Crippen LogP contribution in [0.5, 0.6) is 5.75 Å². The van der Waals surface area contributed by atoms with Gasteiger partial charge in [-0.25, -0.2) is 17.8 Å². The van der Waals surface area contributed by atoms with Gasteiger partial charge in [0.15, 0.2) is 0 Å². The molecule has 27 heavy (non-hydrogen) atoms. The van der Waals surface area contributed by atoms with Gasteiger partial charge >= 0.3 is 0 Å². The molecule has 140 valence electrons. The lowest BCUT2D eigenvalue weighted by Crippen LogP contribution is -2.14. The van der Waals surface area contributed by atoms with Crippen LogP contribution in [0.25, 0.3) is 0 Å². The van der Waals surface area contributed by atoms with Gasteiger partial charge in [-0.1, -0.05) is 12.1 Å². The van der Waals surface area contributed by atoms with Crippen LogP contribution in [0.3, 0.4) is 0 Å². The van der Waals surface area contributed by atoms with E-state index in [-0.39, 0.29) is 10.7 Å². The molecule has 3 rings (SSSR count). The van der Waals surface area contributed by atoms with Crippen LogP contribution < -0.4 is 14.8 Å². The van der Waals surface area contributed by atoms with Gasteiger partial charge in [0.1, 0.15) is 17.4 Å². The highest BCUT2D eigenvalue weighted by atomic mass is 32.2. The predicted molar refractivity (Wildman–Crippen MR) is 102 cm³/mol. The molecule has 0 bridgehead atoms. The number of benzene rings is 2. The van der Waals surface area contributed by atoms with Gasteiger partial charge in [0, 0.05) is 6.54 Å². The lowest BCUT2D eigenvalue weighted by Gasteiger charge is -2.10. The summed E-state index contributed by atoms with van der Waals surface area (Å²) in [7, 11) is -2.20. The average molecular weight is 387 g/mol. The van der Waals surface area contributed by atoms with Crippen molar-refractivity contribution in [2.24, 2.45) is 0 Å². The number of methoxy groups -OCH3 is 1. The molecule has 8 heteroatoms. The second kappa shape index (κ2) is 8.05. The third kappa shape index (κ3) is 4.95. The Morgan fingerprint density at radius 2 is 1.70 bits per heavy atom. The van der Waals surface area contributed by atoms with Crippen molar-refractivity contribution < 1.29 is 17.5 Å². The van der Waals surface area contributed by atoms with Crippen molar-refractivity contribution in [3.63, 3.8) is 0 Å². The number of pyridine rings is 1. The minimum Gasteiger partial charge on any atom is -0.497 e. The molecule has 3 aromatic rings. The second-order valence-corrected chi connectivity index (χ2v) is 7.38. The fraction of sp³-hybridized carbons (Fsp3) is 0.105. The quantitative estimate of drug-likeness (QED) is 0.647. The van der Waals surface area contributed by atoms with Crippen molar-refractivity contribution in [1.29, 1.82) is 0 Å². The zero-order valence-corrected chi connectivity index (χ0v) is 15.3. The van der Waals surface area contributed by atoms with Crippen LogP contribution >= 0.6 is 0 Å². The molecule has 0 aliphatic rings. The van der Waals surface area contributed by atoms with Crippen molar-refractivity contribution >= 4 is 21.5 Å². The van der Waals surface area contributed by atoms with Gasteiger partial charge in [-0.15, -0.1) is 0 Å². The van der Waals surface area contributed by atoms with E-state index < -0.39 is 15.8 Å². The number of hydrogen-bond acceptors (Lipinski definition) is 5. The van der Waals surface area contributed by atoms with Crippen molar-refractivity contribution in [2.45, 2.75) is 11.4 Å². The molecule has 0 amide bonds. The number of ether oxygens (including phenoxy) is 1. The van der Waals surface area contributed by atoms with E-state index in [1.807, 2.05) is 24.3 Å². The Morgan fingerprint density at radius 3 is 2.30 bits per heavy atom. The van der Waals surface area contributed by atoms with Crippen molar-refractivity contribution in [1.82, 2.24) is 4.98 Å². The van der Waals surface area contributed by atoms with Gasteiger partial charge in [0.05, 0.1) is 23.9 Å². The van der Waals surface area contributed by atoms with Gasteiger partial charge in [0.2, 0.25) is 0 Å². The molecule has 0 atom stereocenters.